The van der Waals surface area contributed by atoms with Gasteiger partial charge in [-0.2, -0.15) is 0 Å². The molecule has 2 aromatic heterocycles. The van der Waals surface area contributed by atoms with Gasteiger partial charge in [-0.1, -0.05) is 6.92 Å². The highest BCUT2D eigenvalue weighted by Crippen LogP contribution is 2.29. The maximum Gasteiger partial charge on any atom is 0.160 e. The van der Waals surface area contributed by atoms with Crippen LogP contribution in [0, 0.1) is 0 Å². The molecule has 66 valence electrons. The Morgan fingerprint density at radius 1 is 1.62 bits per heavy atom. The molecule has 0 saturated heterocycles. The van der Waals surface area contributed by atoms with Crippen LogP contribution in [0.15, 0.2) is 18.5 Å². The third-order valence-corrected chi connectivity index (χ3v) is 3.20. The zero-order chi connectivity index (χ0) is 9.26. The fraction of sp³-hybridized carbons (Fsp3) is 0.200. The largest absolute Gasteiger partial charge is 0.297 e. The van der Waals surface area contributed by atoms with Gasteiger partial charge in [0.15, 0.2) is 6.29 Å². The zero-order valence-corrected chi connectivity index (χ0v) is 8.10. The Balaban J connectivity index is 2.81. The molecule has 0 bridgehead atoms. The van der Waals surface area contributed by atoms with Crippen LogP contribution in [-0.4, -0.2) is 11.3 Å². The van der Waals surface area contributed by atoms with Gasteiger partial charge in [-0.3, -0.25) is 9.78 Å². The van der Waals surface area contributed by atoms with Gasteiger partial charge >= 0.3 is 0 Å². The van der Waals surface area contributed by atoms with Crippen LogP contribution in [0.3, 0.4) is 0 Å². The first-order valence-corrected chi connectivity index (χ1v) is 4.99. The molecule has 0 aliphatic rings. The second-order valence-corrected chi connectivity index (χ2v) is 3.87. The molecule has 0 aliphatic carbocycles. The minimum atomic E-state index is 0.838. The van der Waals surface area contributed by atoms with Crippen LogP contribution >= 0.6 is 11.3 Å². The van der Waals surface area contributed by atoms with Crippen molar-refractivity contribution in [1.82, 2.24) is 4.98 Å². The van der Waals surface area contributed by atoms with Gasteiger partial charge < -0.3 is 0 Å². The summed E-state index contributed by atoms with van der Waals surface area (Å²) in [6, 6.07) is 1.97. The van der Waals surface area contributed by atoms with E-state index in [1.54, 1.807) is 6.20 Å². The molecule has 0 atom stereocenters. The number of carbonyl (C=O) groups excluding carboxylic acids is 1. The SMILES string of the molecule is CCc1c(C=O)sc2cnccc12. The molecule has 0 amide bonds. The molecule has 2 heterocycles. The molecule has 2 aromatic rings. The highest BCUT2D eigenvalue weighted by Gasteiger charge is 2.08. The van der Waals surface area contributed by atoms with Crippen LogP contribution in [-0.2, 0) is 6.42 Å². The van der Waals surface area contributed by atoms with Gasteiger partial charge in [-0.25, -0.2) is 0 Å². The van der Waals surface area contributed by atoms with Crippen molar-refractivity contribution in [2.75, 3.05) is 0 Å². The number of nitrogens with zero attached hydrogens (tertiary/aromatic N) is 1. The smallest absolute Gasteiger partial charge is 0.160 e. The molecule has 13 heavy (non-hydrogen) atoms. The lowest BCUT2D eigenvalue weighted by atomic mass is 10.1. The summed E-state index contributed by atoms with van der Waals surface area (Å²) < 4.78 is 1.10. The van der Waals surface area contributed by atoms with Crippen molar-refractivity contribution in [1.29, 1.82) is 0 Å². The first-order valence-electron chi connectivity index (χ1n) is 4.17. The molecule has 3 heteroatoms. The zero-order valence-electron chi connectivity index (χ0n) is 7.28. The first-order chi connectivity index (χ1) is 6.36. The molecule has 0 radical (unpaired) electrons. The van der Waals surface area contributed by atoms with Crippen molar-refractivity contribution in [3.05, 3.63) is 28.9 Å². The van der Waals surface area contributed by atoms with E-state index < -0.39 is 0 Å². The lowest BCUT2D eigenvalue weighted by Gasteiger charge is -1.93. The van der Waals surface area contributed by atoms with Crippen LogP contribution in [0.1, 0.15) is 22.2 Å². The fourth-order valence-corrected chi connectivity index (χ4v) is 2.56. The van der Waals surface area contributed by atoms with Crippen LogP contribution in [0.2, 0.25) is 0 Å². The minimum Gasteiger partial charge on any atom is -0.297 e. The van der Waals surface area contributed by atoms with Crippen molar-refractivity contribution >= 4 is 27.7 Å². The maximum absolute atomic E-state index is 10.7. The summed E-state index contributed by atoms with van der Waals surface area (Å²) in [6.07, 6.45) is 5.41. The number of aromatic nitrogens is 1. The molecular formula is C10H9NOS. The molecule has 0 fully saturated rings. The number of hydrogen-bond donors (Lipinski definition) is 0. The van der Waals surface area contributed by atoms with E-state index in [4.69, 9.17) is 0 Å². The lowest BCUT2D eigenvalue weighted by Crippen LogP contribution is -1.82. The Bertz CT molecular complexity index is 447. The number of carbonyl (C=O) groups is 1. The predicted octanol–water partition coefficient (Wildman–Crippen LogP) is 2.67. The van der Waals surface area contributed by atoms with E-state index in [0.717, 1.165) is 27.8 Å². The molecule has 0 N–H and O–H groups in total. The number of rotatable bonds is 2. The van der Waals surface area contributed by atoms with E-state index in [9.17, 15) is 4.79 Å². The van der Waals surface area contributed by atoms with Crippen molar-refractivity contribution in [3.63, 3.8) is 0 Å². The number of pyridine rings is 1. The van der Waals surface area contributed by atoms with Crippen molar-refractivity contribution in [2.45, 2.75) is 13.3 Å². The van der Waals surface area contributed by atoms with Gasteiger partial charge in [0.05, 0.1) is 9.58 Å². The lowest BCUT2D eigenvalue weighted by molar-refractivity contribution is 0.112. The van der Waals surface area contributed by atoms with E-state index in [2.05, 4.69) is 11.9 Å². The maximum atomic E-state index is 10.7. The summed E-state index contributed by atoms with van der Waals surface area (Å²) in [7, 11) is 0. The second kappa shape index (κ2) is 3.26. The molecule has 0 unspecified atom stereocenters. The number of fused-ring (bicyclic) bond motifs is 1. The van der Waals surface area contributed by atoms with Gasteiger partial charge in [0, 0.05) is 12.4 Å². The molecule has 0 saturated carbocycles. The van der Waals surface area contributed by atoms with Crippen molar-refractivity contribution < 1.29 is 4.79 Å². The highest BCUT2D eigenvalue weighted by atomic mass is 32.1. The van der Waals surface area contributed by atoms with E-state index in [-0.39, 0.29) is 0 Å². The van der Waals surface area contributed by atoms with Gasteiger partial charge in [0.1, 0.15) is 0 Å². The predicted molar refractivity (Wildman–Crippen MR) is 54.4 cm³/mol. The summed E-state index contributed by atoms with van der Waals surface area (Å²) >= 11 is 1.52. The summed E-state index contributed by atoms with van der Waals surface area (Å²) in [4.78, 5) is 15.6. The summed E-state index contributed by atoms with van der Waals surface area (Å²) in [5.41, 5.74) is 1.15. The molecule has 0 aromatic carbocycles. The number of thiophene rings is 1. The van der Waals surface area contributed by atoms with Gasteiger partial charge in [0.25, 0.3) is 0 Å². The third kappa shape index (κ3) is 1.25. The Morgan fingerprint density at radius 3 is 3.15 bits per heavy atom. The second-order valence-electron chi connectivity index (χ2n) is 2.79. The minimum absolute atomic E-state index is 0.838. The normalized spacial score (nSPS) is 10.5. The average Bonchev–Trinajstić information content (AvgIpc) is 2.55. The molecule has 0 spiro atoms. The topological polar surface area (TPSA) is 30.0 Å². The average molecular weight is 191 g/mol. The number of hydrogen-bond acceptors (Lipinski definition) is 3. The van der Waals surface area contributed by atoms with Crippen LogP contribution in [0.25, 0.3) is 10.1 Å². The van der Waals surface area contributed by atoms with Gasteiger partial charge in [-0.05, 0) is 23.4 Å². The fourth-order valence-electron chi connectivity index (χ4n) is 1.48. The molecular weight excluding hydrogens is 182 g/mol. The Kier molecular flexibility index (Phi) is 2.10. The van der Waals surface area contributed by atoms with E-state index in [1.165, 1.54) is 16.7 Å². The van der Waals surface area contributed by atoms with E-state index in [0.29, 0.717) is 0 Å². The Labute approximate surface area is 80.2 Å². The Morgan fingerprint density at radius 2 is 2.46 bits per heavy atom. The standard InChI is InChI=1S/C10H9NOS/c1-2-7-8-3-4-11-5-9(8)13-10(7)6-12/h3-6H,2H2,1H3. The molecule has 0 aliphatic heterocycles. The number of aldehydes is 1. The molecule has 2 nitrogen and oxygen atoms in total. The Hall–Kier alpha value is -1.22. The van der Waals surface area contributed by atoms with Crippen molar-refractivity contribution in [3.8, 4) is 0 Å². The van der Waals surface area contributed by atoms with Crippen LogP contribution < -0.4 is 0 Å². The summed E-state index contributed by atoms with van der Waals surface area (Å²) in [5, 5.41) is 1.17. The van der Waals surface area contributed by atoms with E-state index >= 15 is 0 Å². The van der Waals surface area contributed by atoms with Crippen LogP contribution in [0.5, 0.6) is 0 Å². The van der Waals surface area contributed by atoms with Gasteiger partial charge in [-0.15, -0.1) is 11.3 Å². The first kappa shape index (κ1) is 8.38. The summed E-state index contributed by atoms with van der Waals surface area (Å²) in [5.74, 6) is 0. The third-order valence-electron chi connectivity index (χ3n) is 2.09. The van der Waals surface area contributed by atoms with Crippen molar-refractivity contribution in [2.24, 2.45) is 0 Å². The number of aryl methyl sites for hydroxylation is 1. The van der Waals surface area contributed by atoms with Crippen LogP contribution in [0.4, 0.5) is 0 Å². The highest BCUT2D eigenvalue weighted by molar-refractivity contribution is 7.20. The summed E-state index contributed by atoms with van der Waals surface area (Å²) in [6.45, 7) is 2.06. The van der Waals surface area contributed by atoms with Gasteiger partial charge in [0.2, 0.25) is 0 Å². The van der Waals surface area contributed by atoms with E-state index in [1.807, 2.05) is 12.3 Å². The quantitative estimate of drug-likeness (QED) is 0.683. The monoisotopic (exact) mass is 191 g/mol. The molecule has 2 rings (SSSR count).